The Kier molecular flexibility index (Phi) is 4.34. The van der Waals surface area contributed by atoms with E-state index in [4.69, 9.17) is 4.74 Å². The first-order valence-electron chi connectivity index (χ1n) is 7.37. The third-order valence-electron chi connectivity index (χ3n) is 3.51. The summed E-state index contributed by atoms with van der Waals surface area (Å²) in [4.78, 5) is 6.38. The zero-order chi connectivity index (χ0) is 14.7. The fourth-order valence-corrected chi connectivity index (χ4v) is 3.29. The Labute approximate surface area is 129 Å². The second-order valence-corrected chi connectivity index (χ2v) is 6.58. The Morgan fingerprint density at radius 2 is 2.29 bits per heavy atom. The van der Waals surface area contributed by atoms with Crippen LogP contribution in [-0.4, -0.2) is 34.4 Å². The van der Waals surface area contributed by atoms with Crippen molar-refractivity contribution in [3.05, 3.63) is 29.5 Å². The lowest BCUT2D eigenvalue weighted by Crippen LogP contribution is -2.41. The minimum Gasteiger partial charge on any atom is -0.487 e. The Balaban J connectivity index is 1.65. The molecule has 1 saturated heterocycles. The molecule has 0 saturated carbocycles. The van der Waals surface area contributed by atoms with E-state index in [9.17, 15) is 0 Å². The first-order valence-corrected chi connectivity index (χ1v) is 8.19. The summed E-state index contributed by atoms with van der Waals surface area (Å²) < 4.78 is 6.01. The van der Waals surface area contributed by atoms with Crippen molar-refractivity contribution >= 4 is 16.5 Å². The van der Waals surface area contributed by atoms with Gasteiger partial charge < -0.3 is 9.64 Å². The van der Waals surface area contributed by atoms with Gasteiger partial charge in [0.15, 0.2) is 0 Å². The minimum atomic E-state index is 0.189. The lowest BCUT2D eigenvalue weighted by Gasteiger charge is -2.32. The van der Waals surface area contributed by atoms with Crippen molar-refractivity contribution in [1.29, 1.82) is 0 Å². The van der Waals surface area contributed by atoms with Gasteiger partial charge in [-0.2, -0.15) is 0 Å². The summed E-state index contributed by atoms with van der Waals surface area (Å²) in [5.74, 6) is 1.27. The van der Waals surface area contributed by atoms with Crippen LogP contribution < -0.4 is 9.64 Å². The average molecular weight is 304 g/mol. The van der Waals surface area contributed by atoms with Crippen LogP contribution in [0, 0.1) is 0 Å². The highest BCUT2D eigenvalue weighted by Crippen LogP contribution is 2.28. The van der Waals surface area contributed by atoms with Crippen molar-refractivity contribution in [1.82, 2.24) is 15.2 Å². The number of hydrogen-bond acceptors (Lipinski definition) is 6. The summed E-state index contributed by atoms with van der Waals surface area (Å²) in [5, 5.41) is 10.7. The summed E-state index contributed by atoms with van der Waals surface area (Å²) in [5.41, 5.74) is 0. The smallest absolute Gasteiger partial charge is 0.208 e. The summed E-state index contributed by atoms with van der Waals surface area (Å²) in [6.07, 6.45) is 5.90. The summed E-state index contributed by atoms with van der Waals surface area (Å²) in [7, 11) is 0. The van der Waals surface area contributed by atoms with Gasteiger partial charge in [-0.15, -0.1) is 10.2 Å². The van der Waals surface area contributed by atoms with Crippen molar-refractivity contribution in [2.45, 2.75) is 38.7 Å². The van der Waals surface area contributed by atoms with Gasteiger partial charge >= 0.3 is 0 Å². The van der Waals surface area contributed by atoms with Crippen LogP contribution in [0.15, 0.2) is 24.5 Å². The van der Waals surface area contributed by atoms with Crippen LogP contribution in [0.1, 0.15) is 37.6 Å². The molecule has 2 aromatic heterocycles. The molecule has 1 aliphatic heterocycles. The molecule has 1 fully saturated rings. The normalized spacial score (nSPS) is 19.0. The molecule has 2 aromatic rings. The molecular weight excluding hydrogens is 284 g/mol. The van der Waals surface area contributed by atoms with Gasteiger partial charge in [-0.1, -0.05) is 25.2 Å². The van der Waals surface area contributed by atoms with Gasteiger partial charge in [0, 0.05) is 18.7 Å². The summed E-state index contributed by atoms with van der Waals surface area (Å²) >= 11 is 1.69. The molecule has 1 atom stereocenters. The Hall–Kier alpha value is -1.69. The van der Waals surface area contributed by atoms with Crippen molar-refractivity contribution < 1.29 is 4.74 Å². The maximum atomic E-state index is 6.01. The van der Waals surface area contributed by atoms with Crippen LogP contribution in [0.4, 0.5) is 5.13 Å². The van der Waals surface area contributed by atoms with Crippen LogP contribution in [0.25, 0.3) is 0 Å². The van der Waals surface area contributed by atoms with Crippen molar-refractivity contribution in [2.24, 2.45) is 0 Å². The van der Waals surface area contributed by atoms with E-state index in [-0.39, 0.29) is 6.10 Å². The molecule has 0 spiro atoms. The number of hydrogen-bond donors (Lipinski definition) is 0. The quantitative estimate of drug-likeness (QED) is 0.868. The van der Waals surface area contributed by atoms with Crippen LogP contribution in [0.3, 0.4) is 0 Å². The van der Waals surface area contributed by atoms with Gasteiger partial charge in [-0.25, -0.2) is 0 Å². The van der Waals surface area contributed by atoms with Gasteiger partial charge in [0.2, 0.25) is 5.13 Å². The predicted octanol–water partition coefficient (Wildman–Crippen LogP) is 3.10. The molecule has 0 radical (unpaired) electrons. The van der Waals surface area contributed by atoms with Crippen molar-refractivity contribution in [2.75, 3.05) is 18.0 Å². The fourth-order valence-electron chi connectivity index (χ4n) is 2.40. The van der Waals surface area contributed by atoms with E-state index in [2.05, 4.69) is 33.9 Å². The van der Waals surface area contributed by atoms with Gasteiger partial charge in [0.1, 0.15) is 16.9 Å². The van der Waals surface area contributed by atoms with Crippen LogP contribution in [0.5, 0.6) is 5.75 Å². The molecule has 1 aliphatic rings. The van der Waals surface area contributed by atoms with E-state index in [1.165, 1.54) is 0 Å². The summed E-state index contributed by atoms with van der Waals surface area (Å²) in [6.45, 7) is 6.19. The molecule has 3 heterocycles. The number of piperidine rings is 1. The topological polar surface area (TPSA) is 51.1 Å². The van der Waals surface area contributed by atoms with Crippen LogP contribution in [0.2, 0.25) is 0 Å². The highest BCUT2D eigenvalue weighted by atomic mass is 32.1. The first kappa shape index (κ1) is 14.3. The molecule has 21 heavy (non-hydrogen) atoms. The van der Waals surface area contributed by atoms with Crippen molar-refractivity contribution in [3.63, 3.8) is 0 Å². The molecule has 6 heteroatoms. The lowest BCUT2D eigenvalue weighted by molar-refractivity contribution is 0.178. The first-order chi connectivity index (χ1) is 10.2. The summed E-state index contributed by atoms with van der Waals surface area (Å²) in [6, 6.07) is 3.85. The third kappa shape index (κ3) is 3.50. The van der Waals surface area contributed by atoms with E-state index in [0.717, 1.165) is 41.8 Å². The molecular formula is C15H20N4OS. The number of rotatable bonds is 4. The monoisotopic (exact) mass is 304 g/mol. The largest absolute Gasteiger partial charge is 0.487 e. The fraction of sp³-hybridized carbons (Fsp3) is 0.533. The SMILES string of the molecule is CC(C)c1nnc(N2CCCC(Oc3cccnc3)C2)s1. The Bertz CT molecular complexity index is 572. The number of ether oxygens (including phenoxy) is 1. The van der Waals surface area contributed by atoms with Crippen LogP contribution >= 0.6 is 11.3 Å². The number of pyridine rings is 1. The maximum Gasteiger partial charge on any atom is 0.208 e. The van der Waals surface area contributed by atoms with Crippen LogP contribution in [-0.2, 0) is 0 Å². The predicted molar refractivity (Wildman–Crippen MR) is 84.1 cm³/mol. The standard InChI is InChI=1S/C15H20N4OS/c1-11(2)14-17-18-15(21-14)19-8-4-6-13(10-19)20-12-5-3-7-16-9-12/h3,5,7,9,11,13H,4,6,8,10H2,1-2H3. The molecule has 0 aromatic carbocycles. The zero-order valence-corrected chi connectivity index (χ0v) is 13.2. The zero-order valence-electron chi connectivity index (χ0n) is 12.4. The van der Waals surface area contributed by atoms with E-state index >= 15 is 0 Å². The average Bonchev–Trinajstić information content (AvgIpc) is 2.99. The number of aromatic nitrogens is 3. The van der Waals surface area contributed by atoms with Gasteiger partial charge in [0.05, 0.1) is 12.7 Å². The van der Waals surface area contributed by atoms with E-state index in [1.54, 1.807) is 23.7 Å². The highest BCUT2D eigenvalue weighted by Gasteiger charge is 2.24. The molecule has 0 N–H and O–H groups in total. The molecule has 0 bridgehead atoms. The Morgan fingerprint density at radius 3 is 3.00 bits per heavy atom. The van der Waals surface area contributed by atoms with Gasteiger partial charge in [0.25, 0.3) is 0 Å². The van der Waals surface area contributed by atoms with E-state index in [1.807, 2.05) is 12.1 Å². The highest BCUT2D eigenvalue weighted by molar-refractivity contribution is 7.15. The van der Waals surface area contributed by atoms with E-state index < -0.39 is 0 Å². The number of anilines is 1. The molecule has 1 unspecified atom stereocenters. The molecule has 112 valence electrons. The molecule has 0 aliphatic carbocycles. The second-order valence-electron chi connectivity index (χ2n) is 5.59. The van der Waals surface area contributed by atoms with Gasteiger partial charge in [-0.05, 0) is 25.0 Å². The molecule has 5 nitrogen and oxygen atoms in total. The third-order valence-corrected chi connectivity index (χ3v) is 4.79. The molecule has 0 amide bonds. The number of nitrogens with zero attached hydrogens (tertiary/aromatic N) is 4. The lowest BCUT2D eigenvalue weighted by atomic mass is 10.1. The van der Waals surface area contributed by atoms with Crippen molar-refractivity contribution in [3.8, 4) is 5.75 Å². The molecule has 3 rings (SSSR count). The minimum absolute atomic E-state index is 0.189. The maximum absolute atomic E-state index is 6.01. The van der Waals surface area contributed by atoms with Gasteiger partial charge in [-0.3, -0.25) is 4.98 Å². The van der Waals surface area contributed by atoms with E-state index in [0.29, 0.717) is 5.92 Å². The Morgan fingerprint density at radius 1 is 1.38 bits per heavy atom. The second kappa shape index (κ2) is 6.39.